The molecule has 0 atom stereocenters. The van der Waals surface area contributed by atoms with E-state index in [0.717, 1.165) is 25.5 Å². The highest BCUT2D eigenvalue weighted by Crippen LogP contribution is 2.01. The topological polar surface area (TPSA) is 17.1 Å². The first-order valence-electron chi connectivity index (χ1n) is 5.83. The molecule has 0 spiro atoms. The van der Waals surface area contributed by atoms with Crippen LogP contribution in [0.1, 0.15) is 45.4 Å². The van der Waals surface area contributed by atoms with Crippen LogP contribution in [0, 0.1) is 0 Å². The molecule has 0 aromatic heterocycles. The molecule has 0 saturated carbocycles. The van der Waals surface area contributed by atoms with E-state index in [4.69, 9.17) is 0 Å². The van der Waals surface area contributed by atoms with Crippen molar-refractivity contribution in [2.45, 2.75) is 45.4 Å². The van der Waals surface area contributed by atoms with Crippen molar-refractivity contribution < 1.29 is 4.79 Å². The monoisotopic (exact) mass is 206 g/mol. The van der Waals surface area contributed by atoms with Crippen molar-refractivity contribution in [1.29, 1.82) is 0 Å². The second-order valence-corrected chi connectivity index (χ2v) is 3.49. The number of carbonyl (C=O) groups excluding carboxylic acids is 1. The molecule has 0 bridgehead atoms. The molecular weight excluding hydrogens is 184 g/mol. The third-order valence-corrected chi connectivity index (χ3v) is 2.04. The quantitative estimate of drug-likeness (QED) is 0.239. The molecule has 1 nitrogen and oxygen atoms in total. The molecule has 0 rings (SSSR count). The van der Waals surface area contributed by atoms with Gasteiger partial charge in [0, 0.05) is 0 Å². The molecule has 0 aromatic rings. The van der Waals surface area contributed by atoms with Crippen molar-refractivity contribution in [2.24, 2.45) is 0 Å². The number of carbonyl (C=O) groups is 1. The van der Waals surface area contributed by atoms with Crippen LogP contribution in [-0.4, -0.2) is 6.29 Å². The highest BCUT2D eigenvalue weighted by Gasteiger charge is 1.82. The zero-order valence-electron chi connectivity index (χ0n) is 9.69. The molecular formula is C14H22O. The van der Waals surface area contributed by atoms with E-state index in [0.29, 0.717) is 0 Å². The molecule has 15 heavy (non-hydrogen) atoms. The first-order valence-corrected chi connectivity index (χ1v) is 5.83. The zero-order valence-corrected chi connectivity index (χ0v) is 9.69. The van der Waals surface area contributed by atoms with E-state index in [1.54, 1.807) is 6.08 Å². The lowest BCUT2D eigenvalue weighted by molar-refractivity contribution is -0.104. The molecule has 0 aliphatic carbocycles. The molecule has 0 N–H and O–H groups in total. The van der Waals surface area contributed by atoms with Crippen LogP contribution in [-0.2, 0) is 4.79 Å². The number of rotatable bonds is 9. The van der Waals surface area contributed by atoms with Gasteiger partial charge in [0.2, 0.25) is 0 Å². The molecule has 0 aliphatic heterocycles. The molecule has 0 aromatic carbocycles. The van der Waals surface area contributed by atoms with E-state index in [2.05, 4.69) is 31.2 Å². The van der Waals surface area contributed by atoms with E-state index >= 15 is 0 Å². The lowest BCUT2D eigenvalue weighted by atomic mass is 10.2. The molecule has 84 valence electrons. The predicted octanol–water partition coefficient (Wildman–Crippen LogP) is 4.21. The van der Waals surface area contributed by atoms with Gasteiger partial charge in [-0.05, 0) is 38.2 Å². The summed E-state index contributed by atoms with van der Waals surface area (Å²) in [5.41, 5.74) is 0. The van der Waals surface area contributed by atoms with Gasteiger partial charge in [0.25, 0.3) is 0 Å². The molecule has 0 heterocycles. The van der Waals surface area contributed by atoms with E-state index in [1.165, 1.54) is 19.3 Å². The average Bonchev–Trinajstić information content (AvgIpc) is 2.26. The molecule has 0 fully saturated rings. The number of hydrogen-bond acceptors (Lipinski definition) is 1. The average molecular weight is 206 g/mol. The summed E-state index contributed by atoms with van der Waals surface area (Å²) in [6, 6.07) is 0. The Morgan fingerprint density at radius 1 is 0.800 bits per heavy atom. The number of unbranched alkanes of at least 4 members (excludes halogenated alkanes) is 4. The van der Waals surface area contributed by atoms with Gasteiger partial charge < -0.3 is 0 Å². The van der Waals surface area contributed by atoms with E-state index in [-0.39, 0.29) is 0 Å². The van der Waals surface area contributed by atoms with Gasteiger partial charge in [0.1, 0.15) is 6.29 Å². The summed E-state index contributed by atoms with van der Waals surface area (Å²) in [6.45, 7) is 2.18. The lowest BCUT2D eigenvalue weighted by Crippen LogP contribution is -1.72. The summed E-state index contributed by atoms with van der Waals surface area (Å²) < 4.78 is 0. The fourth-order valence-electron chi connectivity index (χ4n) is 1.19. The fourth-order valence-corrected chi connectivity index (χ4v) is 1.19. The van der Waals surface area contributed by atoms with E-state index in [9.17, 15) is 4.79 Å². The Bertz CT molecular complexity index is 211. The van der Waals surface area contributed by atoms with E-state index in [1.807, 2.05) is 6.08 Å². The second kappa shape index (κ2) is 12.9. The van der Waals surface area contributed by atoms with Crippen LogP contribution in [0.25, 0.3) is 0 Å². The normalized spacial score (nSPS) is 12.1. The highest BCUT2D eigenvalue weighted by atomic mass is 16.1. The van der Waals surface area contributed by atoms with Crippen LogP contribution in [0.3, 0.4) is 0 Å². The van der Waals surface area contributed by atoms with Gasteiger partial charge in [-0.15, -0.1) is 0 Å². The zero-order chi connectivity index (χ0) is 11.2. The van der Waals surface area contributed by atoms with Gasteiger partial charge >= 0.3 is 0 Å². The minimum Gasteiger partial charge on any atom is -0.299 e. The Balaban J connectivity index is 3.23. The Hall–Kier alpha value is -1.11. The molecule has 0 aliphatic rings. The first kappa shape index (κ1) is 13.9. The summed E-state index contributed by atoms with van der Waals surface area (Å²) in [5, 5.41) is 0. The van der Waals surface area contributed by atoms with Crippen molar-refractivity contribution in [1.82, 2.24) is 0 Å². The number of allylic oxidation sites excluding steroid dienone is 6. The summed E-state index contributed by atoms with van der Waals surface area (Å²) in [5.74, 6) is 0. The Kier molecular flexibility index (Phi) is 11.9. The predicted molar refractivity (Wildman–Crippen MR) is 66.9 cm³/mol. The highest BCUT2D eigenvalue weighted by molar-refractivity contribution is 5.64. The third kappa shape index (κ3) is 12.9. The van der Waals surface area contributed by atoms with E-state index < -0.39 is 0 Å². The fraction of sp³-hybridized carbons (Fsp3) is 0.500. The van der Waals surface area contributed by atoms with Crippen LogP contribution in [0.15, 0.2) is 36.5 Å². The van der Waals surface area contributed by atoms with Crippen LogP contribution < -0.4 is 0 Å². The largest absolute Gasteiger partial charge is 0.299 e. The van der Waals surface area contributed by atoms with Gasteiger partial charge in [0.15, 0.2) is 0 Å². The van der Waals surface area contributed by atoms with Crippen molar-refractivity contribution in [2.75, 3.05) is 0 Å². The van der Waals surface area contributed by atoms with Gasteiger partial charge in [0.05, 0.1) is 0 Å². The van der Waals surface area contributed by atoms with Crippen LogP contribution in [0.4, 0.5) is 0 Å². The van der Waals surface area contributed by atoms with Gasteiger partial charge in [-0.1, -0.05) is 43.7 Å². The molecule has 0 unspecified atom stereocenters. The van der Waals surface area contributed by atoms with Gasteiger partial charge in [-0.3, -0.25) is 4.79 Å². The Morgan fingerprint density at radius 2 is 1.33 bits per heavy atom. The molecule has 0 amide bonds. The van der Waals surface area contributed by atoms with Crippen molar-refractivity contribution in [3.8, 4) is 0 Å². The SMILES string of the molecule is CCC/C=C/C=C\CCCC/C=C/C=O. The maximum Gasteiger partial charge on any atom is 0.142 e. The number of aldehydes is 1. The van der Waals surface area contributed by atoms with Gasteiger partial charge in [-0.25, -0.2) is 0 Å². The maximum absolute atomic E-state index is 9.96. The Labute approximate surface area is 93.6 Å². The van der Waals surface area contributed by atoms with Crippen molar-refractivity contribution in [3.63, 3.8) is 0 Å². The lowest BCUT2D eigenvalue weighted by Gasteiger charge is -1.91. The van der Waals surface area contributed by atoms with Crippen molar-refractivity contribution in [3.05, 3.63) is 36.5 Å². The molecule has 0 saturated heterocycles. The van der Waals surface area contributed by atoms with Gasteiger partial charge in [-0.2, -0.15) is 0 Å². The maximum atomic E-state index is 9.96. The Morgan fingerprint density at radius 3 is 1.87 bits per heavy atom. The number of hydrogen-bond donors (Lipinski definition) is 0. The molecule has 1 heteroatoms. The summed E-state index contributed by atoms with van der Waals surface area (Å²) in [4.78, 5) is 9.96. The second-order valence-electron chi connectivity index (χ2n) is 3.49. The first-order chi connectivity index (χ1) is 7.41. The summed E-state index contributed by atoms with van der Waals surface area (Å²) in [7, 11) is 0. The van der Waals surface area contributed by atoms with Crippen molar-refractivity contribution >= 4 is 6.29 Å². The summed E-state index contributed by atoms with van der Waals surface area (Å²) in [6.07, 6.45) is 19.9. The smallest absolute Gasteiger partial charge is 0.142 e. The minimum absolute atomic E-state index is 0.832. The standard InChI is InChI=1S/C14H22O/c1-2-3-4-5-6-7-8-9-10-11-12-13-14-15/h4-7,12-14H,2-3,8-11H2,1H3/b5-4+,7-6-,13-12+. The van der Waals surface area contributed by atoms with Crippen LogP contribution >= 0.6 is 0 Å². The van der Waals surface area contributed by atoms with Crippen LogP contribution in [0.2, 0.25) is 0 Å². The summed E-state index contributed by atoms with van der Waals surface area (Å²) >= 11 is 0. The minimum atomic E-state index is 0.832. The third-order valence-electron chi connectivity index (χ3n) is 2.04. The van der Waals surface area contributed by atoms with Crippen LogP contribution in [0.5, 0.6) is 0 Å². The molecule has 0 radical (unpaired) electrons.